The molecule has 1 aromatic carbocycles. The Hall–Kier alpha value is -3.40. The van der Waals surface area contributed by atoms with Crippen LogP contribution in [0.1, 0.15) is 29.9 Å². The second kappa shape index (κ2) is 7.01. The fraction of sp³-hybridized carbons (Fsp3) is 0.222. The van der Waals surface area contributed by atoms with Gasteiger partial charge >= 0.3 is 0 Å². The molecule has 0 spiro atoms. The Morgan fingerprint density at radius 1 is 1.12 bits per heavy atom. The standard InChI is InChI=1S/C18H16N4O3/c1-11(13-5-7-15(23-2)16(8-13)24-3)18-21-17(22-25-18)14-6-4-12(9-19)10-20-14/h4-8,10-11H,1-3H3. The molecule has 126 valence electrons. The third-order valence-electron chi connectivity index (χ3n) is 3.84. The summed E-state index contributed by atoms with van der Waals surface area (Å²) in [7, 11) is 3.18. The summed E-state index contributed by atoms with van der Waals surface area (Å²) in [5.74, 6) is 2.02. The summed E-state index contributed by atoms with van der Waals surface area (Å²) < 4.78 is 16.0. The number of benzene rings is 1. The van der Waals surface area contributed by atoms with Crippen LogP contribution in [0.25, 0.3) is 11.5 Å². The Labute approximate surface area is 144 Å². The minimum atomic E-state index is -0.126. The van der Waals surface area contributed by atoms with E-state index in [1.165, 1.54) is 6.20 Å². The van der Waals surface area contributed by atoms with Crippen molar-refractivity contribution in [3.8, 4) is 29.1 Å². The first kappa shape index (κ1) is 16.5. The van der Waals surface area contributed by atoms with Crippen molar-refractivity contribution in [1.29, 1.82) is 5.26 Å². The van der Waals surface area contributed by atoms with E-state index in [0.29, 0.717) is 34.5 Å². The lowest BCUT2D eigenvalue weighted by Crippen LogP contribution is -1.99. The van der Waals surface area contributed by atoms with Crippen molar-refractivity contribution in [2.75, 3.05) is 14.2 Å². The summed E-state index contributed by atoms with van der Waals surface area (Å²) in [5.41, 5.74) is 1.99. The average molecular weight is 336 g/mol. The van der Waals surface area contributed by atoms with E-state index < -0.39 is 0 Å². The highest BCUT2D eigenvalue weighted by Gasteiger charge is 2.19. The first-order valence-electron chi connectivity index (χ1n) is 7.58. The Balaban J connectivity index is 1.87. The van der Waals surface area contributed by atoms with Gasteiger partial charge in [0, 0.05) is 6.20 Å². The summed E-state index contributed by atoms with van der Waals surface area (Å²) in [6.45, 7) is 1.96. The van der Waals surface area contributed by atoms with Crippen LogP contribution in [0.5, 0.6) is 11.5 Å². The third kappa shape index (κ3) is 3.28. The first-order valence-corrected chi connectivity index (χ1v) is 7.58. The molecule has 0 saturated heterocycles. The molecule has 0 fully saturated rings. The lowest BCUT2D eigenvalue weighted by Gasteiger charge is -2.12. The second-order valence-corrected chi connectivity index (χ2v) is 5.34. The molecular formula is C18H16N4O3. The van der Waals surface area contributed by atoms with Crippen molar-refractivity contribution in [3.63, 3.8) is 0 Å². The molecule has 0 radical (unpaired) electrons. The smallest absolute Gasteiger partial charge is 0.234 e. The number of hydrogen-bond acceptors (Lipinski definition) is 7. The zero-order valence-electron chi connectivity index (χ0n) is 14.1. The van der Waals surface area contributed by atoms with Gasteiger partial charge in [0.05, 0.1) is 25.7 Å². The average Bonchev–Trinajstić information content (AvgIpc) is 3.17. The van der Waals surface area contributed by atoms with Crippen LogP contribution in [0.4, 0.5) is 0 Å². The normalized spacial score (nSPS) is 11.6. The highest BCUT2D eigenvalue weighted by molar-refractivity contribution is 5.50. The quantitative estimate of drug-likeness (QED) is 0.706. The van der Waals surface area contributed by atoms with Gasteiger partial charge in [-0.05, 0) is 36.8 Å². The second-order valence-electron chi connectivity index (χ2n) is 5.34. The molecular weight excluding hydrogens is 320 g/mol. The molecule has 0 aliphatic heterocycles. The Kier molecular flexibility index (Phi) is 4.61. The minimum absolute atomic E-state index is 0.126. The van der Waals surface area contributed by atoms with Crippen molar-refractivity contribution in [2.24, 2.45) is 0 Å². The predicted octanol–water partition coefficient (Wildman–Crippen LogP) is 3.17. The van der Waals surface area contributed by atoms with E-state index in [1.54, 1.807) is 26.4 Å². The van der Waals surface area contributed by atoms with Gasteiger partial charge in [0.1, 0.15) is 11.8 Å². The van der Waals surface area contributed by atoms with Gasteiger partial charge in [0.25, 0.3) is 0 Å². The molecule has 0 N–H and O–H groups in total. The highest BCUT2D eigenvalue weighted by atomic mass is 16.5. The van der Waals surface area contributed by atoms with E-state index in [0.717, 1.165) is 5.56 Å². The van der Waals surface area contributed by atoms with E-state index in [1.807, 2.05) is 31.2 Å². The lowest BCUT2D eigenvalue weighted by molar-refractivity contribution is 0.352. The van der Waals surface area contributed by atoms with Crippen LogP contribution in [-0.4, -0.2) is 29.3 Å². The molecule has 0 aliphatic carbocycles. The molecule has 3 rings (SSSR count). The number of ether oxygens (including phenoxy) is 2. The molecule has 2 heterocycles. The first-order chi connectivity index (χ1) is 12.2. The molecule has 7 nitrogen and oxygen atoms in total. The molecule has 0 aliphatic rings. The summed E-state index contributed by atoms with van der Waals surface area (Å²) >= 11 is 0. The van der Waals surface area contributed by atoms with Crippen molar-refractivity contribution >= 4 is 0 Å². The van der Waals surface area contributed by atoms with Gasteiger partial charge in [0.2, 0.25) is 11.7 Å². The van der Waals surface area contributed by atoms with E-state index in [2.05, 4.69) is 15.1 Å². The van der Waals surface area contributed by atoms with E-state index in [4.69, 9.17) is 19.3 Å². The van der Waals surface area contributed by atoms with Crippen LogP contribution in [0.3, 0.4) is 0 Å². The molecule has 25 heavy (non-hydrogen) atoms. The number of pyridine rings is 1. The largest absolute Gasteiger partial charge is 0.493 e. The van der Waals surface area contributed by atoms with E-state index in [9.17, 15) is 0 Å². The Morgan fingerprint density at radius 3 is 2.56 bits per heavy atom. The lowest BCUT2D eigenvalue weighted by atomic mass is 10.0. The Bertz CT molecular complexity index is 913. The Morgan fingerprint density at radius 2 is 1.92 bits per heavy atom. The number of nitrogens with zero attached hydrogens (tertiary/aromatic N) is 4. The number of aromatic nitrogens is 3. The summed E-state index contributed by atoms with van der Waals surface area (Å²) in [4.78, 5) is 8.59. The summed E-state index contributed by atoms with van der Waals surface area (Å²) in [6, 6.07) is 11.0. The zero-order valence-corrected chi connectivity index (χ0v) is 14.1. The van der Waals surface area contributed by atoms with Gasteiger partial charge in [-0.15, -0.1) is 0 Å². The van der Waals surface area contributed by atoms with Crippen molar-refractivity contribution in [3.05, 3.63) is 53.5 Å². The van der Waals surface area contributed by atoms with Gasteiger partial charge in [-0.25, -0.2) is 0 Å². The van der Waals surface area contributed by atoms with Crippen LogP contribution in [0, 0.1) is 11.3 Å². The fourth-order valence-corrected chi connectivity index (χ4v) is 2.37. The monoisotopic (exact) mass is 336 g/mol. The molecule has 1 unspecified atom stereocenters. The van der Waals surface area contributed by atoms with Crippen LogP contribution in [0.2, 0.25) is 0 Å². The number of rotatable bonds is 5. The molecule has 3 aromatic rings. The predicted molar refractivity (Wildman–Crippen MR) is 89.3 cm³/mol. The summed E-state index contributed by atoms with van der Waals surface area (Å²) in [5, 5.41) is 12.8. The van der Waals surface area contributed by atoms with Crippen LogP contribution in [0.15, 0.2) is 41.1 Å². The van der Waals surface area contributed by atoms with Crippen LogP contribution < -0.4 is 9.47 Å². The molecule has 7 heteroatoms. The van der Waals surface area contributed by atoms with Gasteiger partial charge in [-0.2, -0.15) is 10.2 Å². The van der Waals surface area contributed by atoms with Gasteiger partial charge in [0.15, 0.2) is 11.5 Å². The number of hydrogen-bond donors (Lipinski definition) is 0. The highest BCUT2D eigenvalue weighted by Crippen LogP contribution is 2.33. The zero-order chi connectivity index (χ0) is 17.8. The van der Waals surface area contributed by atoms with Gasteiger partial charge in [-0.3, -0.25) is 4.98 Å². The van der Waals surface area contributed by atoms with Crippen molar-refractivity contribution in [1.82, 2.24) is 15.1 Å². The van der Waals surface area contributed by atoms with Gasteiger partial charge in [-0.1, -0.05) is 11.2 Å². The fourth-order valence-electron chi connectivity index (χ4n) is 2.37. The molecule has 0 amide bonds. The van der Waals surface area contributed by atoms with E-state index in [-0.39, 0.29) is 5.92 Å². The number of nitriles is 1. The van der Waals surface area contributed by atoms with Gasteiger partial charge < -0.3 is 14.0 Å². The SMILES string of the molecule is COc1ccc(C(C)c2nc(-c3ccc(C#N)cn3)no2)cc1OC. The molecule has 0 bridgehead atoms. The molecule has 1 atom stereocenters. The van der Waals surface area contributed by atoms with E-state index >= 15 is 0 Å². The summed E-state index contributed by atoms with van der Waals surface area (Å²) in [6.07, 6.45) is 1.48. The van der Waals surface area contributed by atoms with Crippen LogP contribution >= 0.6 is 0 Å². The van der Waals surface area contributed by atoms with Crippen molar-refractivity contribution < 1.29 is 14.0 Å². The topological polar surface area (TPSA) is 94.1 Å². The third-order valence-corrected chi connectivity index (χ3v) is 3.84. The van der Waals surface area contributed by atoms with Crippen LogP contribution in [-0.2, 0) is 0 Å². The maximum Gasteiger partial charge on any atom is 0.234 e. The number of methoxy groups -OCH3 is 2. The minimum Gasteiger partial charge on any atom is -0.493 e. The maximum absolute atomic E-state index is 8.82. The van der Waals surface area contributed by atoms with Crippen molar-refractivity contribution in [2.45, 2.75) is 12.8 Å². The molecule has 2 aromatic heterocycles. The maximum atomic E-state index is 8.82. The molecule has 0 saturated carbocycles.